The normalized spacial score (nSPS) is 12.3. The van der Waals surface area contributed by atoms with Gasteiger partial charge >= 0.3 is 0 Å². The van der Waals surface area contributed by atoms with Gasteiger partial charge in [0.25, 0.3) is 5.91 Å². The Balaban J connectivity index is 2.26. The minimum absolute atomic E-state index is 0.0770. The molecule has 0 unspecified atom stereocenters. The van der Waals surface area contributed by atoms with Crippen LogP contribution in [0.3, 0.4) is 0 Å². The summed E-state index contributed by atoms with van der Waals surface area (Å²) in [5, 5.41) is 11.1. The molecule has 0 heterocycles. The topological polar surface area (TPSA) is 102 Å². The van der Waals surface area contributed by atoms with Crippen molar-refractivity contribution >= 4 is 17.5 Å². The number of aliphatic hydroxyl groups excluding tert-OH is 1. The minimum atomic E-state index is -0.583. The summed E-state index contributed by atoms with van der Waals surface area (Å²) < 4.78 is 10.4. The number of methoxy groups -OCH3 is 2. The molecule has 7 heteroatoms. The van der Waals surface area contributed by atoms with Crippen LogP contribution in [-0.2, 0) is 0 Å². The molecule has 1 amide bonds. The molecule has 128 valence electrons. The third-order valence-electron chi connectivity index (χ3n) is 4.01. The molecule has 0 saturated carbocycles. The van der Waals surface area contributed by atoms with Gasteiger partial charge in [-0.25, -0.2) is 0 Å². The van der Waals surface area contributed by atoms with Crippen molar-refractivity contribution in [3.8, 4) is 11.5 Å². The first kappa shape index (κ1) is 16.7. The highest BCUT2D eigenvalue weighted by Crippen LogP contribution is 2.37. The molecule has 0 aliphatic heterocycles. The van der Waals surface area contributed by atoms with Gasteiger partial charge in [-0.15, -0.1) is 0 Å². The molecular weight excluding hydrogens is 326 g/mol. The van der Waals surface area contributed by atoms with Crippen molar-refractivity contribution in [1.29, 1.82) is 0 Å². The van der Waals surface area contributed by atoms with Crippen LogP contribution in [0.1, 0.15) is 42.2 Å². The third kappa shape index (κ3) is 2.54. The van der Waals surface area contributed by atoms with Gasteiger partial charge in [0.15, 0.2) is 5.78 Å². The first-order valence-corrected chi connectivity index (χ1v) is 7.41. The Morgan fingerprint density at radius 1 is 1.00 bits per heavy atom. The van der Waals surface area contributed by atoms with Crippen molar-refractivity contribution < 1.29 is 29.0 Å². The van der Waals surface area contributed by atoms with Crippen molar-refractivity contribution in [3.05, 3.63) is 58.1 Å². The summed E-state index contributed by atoms with van der Waals surface area (Å²) in [6, 6.07) is 7.44. The molecule has 0 atom stereocenters. The van der Waals surface area contributed by atoms with Crippen molar-refractivity contribution in [2.45, 2.75) is 0 Å². The number of aliphatic hydroxyl groups is 1. The smallest absolute Gasteiger partial charge is 0.253 e. The zero-order valence-corrected chi connectivity index (χ0v) is 13.6. The van der Waals surface area contributed by atoms with Crippen LogP contribution in [0.5, 0.6) is 11.5 Å². The molecule has 1 aliphatic rings. The number of hydrogen-bond donors (Lipinski definition) is 2. The lowest BCUT2D eigenvalue weighted by Gasteiger charge is -2.22. The third-order valence-corrected chi connectivity index (χ3v) is 4.01. The van der Waals surface area contributed by atoms with Gasteiger partial charge in [0.1, 0.15) is 18.2 Å². The van der Waals surface area contributed by atoms with Gasteiger partial charge in [-0.05, 0) is 18.2 Å². The fourth-order valence-electron chi connectivity index (χ4n) is 2.89. The predicted molar refractivity (Wildman–Crippen MR) is 87.4 cm³/mol. The second-order valence-corrected chi connectivity index (χ2v) is 5.31. The molecule has 1 aliphatic carbocycles. The van der Waals surface area contributed by atoms with Crippen LogP contribution < -0.4 is 14.8 Å². The number of ketones is 2. The average Bonchev–Trinajstić information content (AvgIpc) is 2.64. The summed E-state index contributed by atoms with van der Waals surface area (Å²) in [6.07, 6.45) is 0. The highest BCUT2D eigenvalue weighted by atomic mass is 16.5. The Hall–Kier alpha value is -3.19. The van der Waals surface area contributed by atoms with Crippen LogP contribution in [0.4, 0.5) is 0 Å². The van der Waals surface area contributed by atoms with Gasteiger partial charge in [-0.2, -0.15) is 0 Å². The monoisotopic (exact) mass is 341 g/mol. The lowest BCUT2D eigenvalue weighted by molar-refractivity contribution is 0.0908. The standard InChI is InChI=1S/C18H15NO6/c1-24-12-5-3-4-10-14(12)17(22)15-11(16(10)21)6-9(7-13(15)25-2)18(23)19-8-20/h3-7,20H,8H2,1-2H3,(H,19,23). The molecule has 7 nitrogen and oxygen atoms in total. The van der Waals surface area contributed by atoms with E-state index in [1.807, 2.05) is 0 Å². The van der Waals surface area contributed by atoms with E-state index in [4.69, 9.17) is 14.6 Å². The Morgan fingerprint density at radius 2 is 1.68 bits per heavy atom. The average molecular weight is 341 g/mol. The number of nitrogens with one attached hydrogen (secondary N) is 1. The highest BCUT2D eigenvalue weighted by molar-refractivity contribution is 6.30. The Bertz CT molecular complexity index is 903. The maximum Gasteiger partial charge on any atom is 0.253 e. The van der Waals surface area contributed by atoms with Gasteiger partial charge in [-0.1, -0.05) is 12.1 Å². The number of carbonyl (C=O) groups excluding carboxylic acids is 3. The first-order valence-electron chi connectivity index (χ1n) is 7.41. The molecule has 0 bridgehead atoms. The molecule has 2 N–H and O–H groups in total. The zero-order chi connectivity index (χ0) is 18.1. The summed E-state index contributed by atoms with van der Waals surface area (Å²) in [5.41, 5.74) is 0.655. The lowest BCUT2D eigenvalue weighted by atomic mass is 9.82. The number of amides is 1. The second kappa shape index (κ2) is 6.37. The quantitative estimate of drug-likeness (QED) is 0.691. The molecule has 2 aromatic carbocycles. The molecule has 0 aromatic heterocycles. The van der Waals surface area contributed by atoms with E-state index in [0.717, 1.165) is 0 Å². The van der Waals surface area contributed by atoms with Crippen molar-refractivity contribution in [1.82, 2.24) is 5.32 Å². The summed E-state index contributed by atoms with van der Waals surface area (Å²) in [5.74, 6) is -0.991. The van der Waals surface area contributed by atoms with E-state index in [0.29, 0.717) is 5.75 Å². The number of carbonyl (C=O) groups is 3. The van der Waals surface area contributed by atoms with Crippen LogP contribution >= 0.6 is 0 Å². The summed E-state index contributed by atoms with van der Waals surface area (Å²) in [7, 11) is 2.77. The SMILES string of the molecule is COc1cccc2c1C(=O)c1c(OC)cc(C(=O)NCO)cc1C2=O. The second-order valence-electron chi connectivity index (χ2n) is 5.31. The van der Waals surface area contributed by atoms with Gasteiger partial charge in [0.2, 0.25) is 5.78 Å². The lowest BCUT2D eigenvalue weighted by Crippen LogP contribution is -2.27. The van der Waals surface area contributed by atoms with E-state index in [2.05, 4.69) is 5.32 Å². The van der Waals surface area contributed by atoms with Crippen LogP contribution in [0.2, 0.25) is 0 Å². The van der Waals surface area contributed by atoms with Crippen LogP contribution in [0, 0.1) is 0 Å². The fraction of sp³-hybridized carbons (Fsp3) is 0.167. The van der Waals surface area contributed by atoms with E-state index >= 15 is 0 Å². The van der Waals surface area contributed by atoms with E-state index in [-0.39, 0.29) is 33.6 Å². The summed E-state index contributed by atoms with van der Waals surface area (Å²) >= 11 is 0. The molecule has 0 saturated heterocycles. The van der Waals surface area contributed by atoms with Gasteiger partial charge in [0, 0.05) is 16.7 Å². The molecule has 2 aromatic rings. The maximum absolute atomic E-state index is 13.0. The molecule has 3 rings (SSSR count). The molecule has 0 radical (unpaired) electrons. The van der Waals surface area contributed by atoms with Crippen molar-refractivity contribution in [2.75, 3.05) is 21.0 Å². The van der Waals surface area contributed by atoms with Crippen molar-refractivity contribution in [2.24, 2.45) is 0 Å². The molecular formula is C18H15NO6. The van der Waals surface area contributed by atoms with Gasteiger partial charge < -0.3 is 19.9 Å². The molecule has 0 spiro atoms. The number of rotatable bonds is 4. The highest BCUT2D eigenvalue weighted by Gasteiger charge is 2.35. The van der Waals surface area contributed by atoms with Crippen molar-refractivity contribution in [3.63, 3.8) is 0 Å². The van der Waals surface area contributed by atoms with Crippen LogP contribution in [0.15, 0.2) is 30.3 Å². The number of hydrogen-bond acceptors (Lipinski definition) is 6. The first-order chi connectivity index (χ1) is 12.0. The minimum Gasteiger partial charge on any atom is -0.496 e. The van der Waals surface area contributed by atoms with Crippen LogP contribution in [-0.4, -0.2) is 43.5 Å². The number of benzene rings is 2. The summed E-state index contributed by atoms with van der Waals surface area (Å²) in [6.45, 7) is -0.550. The van der Waals surface area contributed by atoms with Crippen LogP contribution in [0.25, 0.3) is 0 Å². The largest absolute Gasteiger partial charge is 0.496 e. The molecule has 0 fully saturated rings. The van der Waals surface area contributed by atoms with Gasteiger partial charge in [0.05, 0.1) is 25.3 Å². The Kier molecular flexibility index (Phi) is 4.24. The zero-order valence-electron chi connectivity index (χ0n) is 13.6. The fourth-order valence-corrected chi connectivity index (χ4v) is 2.89. The van der Waals surface area contributed by atoms with Gasteiger partial charge in [-0.3, -0.25) is 14.4 Å². The van der Waals surface area contributed by atoms with E-state index in [1.165, 1.54) is 32.4 Å². The number of fused-ring (bicyclic) bond motifs is 2. The maximum atomic E-state index is 13.0. The predicted octanol–water partition coefficient (Wildman–Crippen LogP) is 1.16. The van der Waals surface area contributed by atoms with E-state index < -0.39 is 24.2 Å². The Labute approximate surface area is 143 Å². The number of ether oxygens (including phenoxy) is 2. The van der Waals surface area contributed by atoms with E-state index in [1.54, 1.807) is 12.1 Å². The molecule has 25 heavy (non-hydrogen) atoms. The Morgan fingerprint density at radius 3 is 2.32 bits per heavy atom. The van der Waals surface area contributed by atoms with E-state index in [9.17, 15) is 14.4 Å². The summed E-state index contributed by atoms with van der Waals surface area (Å²) in [4.78, 5) is 37.8.